The molecule has 0 radical (unpaired) electrons. The highest BCUT2D eigenvalue weighted by Gasteiger charge is 2.08. The van der Waals surface area contributed by atoms with Gasteiger partial charge in [-0.15, -0.1) is 0 Å². The number of aliphatic imine (C=N–C) groups is 1. The molecule has 1 amide bonds. The maximum absolute atomic E-state index is 11.2. The van der Waals surface area contributed by atoms with Gasteiger partial charge in [-0.2, -0.15) is 15.4 Å². The van der Waals surface area contributed by atoms with Gasteiger partial charge >= 0.3 is 5.91 Å². The maximum Gasteiger partial charge on any atom is 0.315 e. The minimum absolute atomic E-state index is 0.0304. The lowest BCUT2D eigenvalue weighted by atomic mass is 10.1. The van der Waals surface area contributed by atoms with Crippen molar-refractivity contribution in [2.45, 2.75) is 0 Å². The average Bonchev–Trinajstić information content (AvgIpc) is 2.35. The molecular formula is C10H9N5O. The Morgan fingerprint density at radius 2 is 1.94 bits per heavy atom. The Labute approximate surface area is 91.9 Å². The van der Waals surface area contributed by atoms with Gasteiger partial charge in [0.2, 0.25) is 5.84 Å². The minimum atomic E-state index is -0.831. The third-order valence-corrected chi connectivity index (χ3v) is 1.72. The van der Waals surface area contributed by atoms with Gasteiger partial charge in [0.25, 0.3) is 0 Å². The highest BCUT2D eigenvalue weighted by atomic mass is 16.1. The van der Waals surface area contributed by atoms with Crippen molar-refractivity contribution < 1.29 is 4.79 Å². The predicted molar refractivity (Wildman–Crippen MR) is 59.4 cm³/mol. The monoisotopic (exact) mass is 215 g/mol. The average molecular weight is 215 g/mol. The van der Waals surface area contributed by atoms with Crippen molar-refractivity contribution in [3.8, 4) is 6.07 Å². The number of benzene rings is 1. The van der Waals surface area contributed by atoms with Crippen LogP contribution in [0.4, 0.5) is 0 Å². The number of hydrazone groups is 1. The first kappa shape index (κ1) is 11.4. The Morgan fingerprint density at radius 1 is 1.31 bits per heavy atom. The normalized spacial score (nSPS) is 11.9. The molecule has 16 heavy (non-hydrogen) atoms. The number of carbonyl (C=O) groups excluding carboxylic acids is 1. The molecule has 0 saturated carbocycles. The quantitative estimate of drug-likeness (QED) is 0.291. The van der Waals surface area contributed by atoms with Crippen LogP contribution in [0.2, 0.25) is 0 Å². The SMILES string of the molecule is N#CC(=NC(=O)/C(N)=N/N)c1ccccc1. The first-order chi connectivity index (χ1) is 7.69. The van der Waals surface area contributed by atoms with Gasteiger partial charge in [0, 0.05) is 5.56 Å². The number of nitrogens with two attached hydrogens (primary N) is 2. The highest BCUT2D eigenvalue weighted by molar-refractivity contribution is 6.40. The molecule has 4 N–H and O–H groups in total. The number of rotatable bonds is 1. The molecule has 1 aromatic rings. The Balaban J connectivity index is 3.06. The molecule has 0 heterocycles. The van der Waals surface area contributed by atoms with E-state index >= 15 is 0 Å². The molecule has 0 aliphatic heterocycles. The molecule has 0 atom stereocenters. The summed E-state index contributed by atoms with van der Waals surface area (Å²) in [6.45, 7) is 0. The maximum atomic E-state index is 11.2. The van der Waals surface area contributed by atoms with Crippen LogP contribution >= 0.6 is 0 Å². The Kier molecular flexibility index (Phi) is 3.75. The standard InChI is InChI=1S/C10H9N5O/c11-6-8(7-4-2-1-3-5-7)14-10(16)9(12)15-13/h1-5H,13H2,(H2,12,15). The van der Waals surface area contributed by atoms with Gasteiger partial charge in [-0.25, -0.2) is 0 Å². The number of nitrogens with zero attached hydrogens (tertiary/aromatic N) is 3. The van der Waals surface area contributed by atoms with Gasteiger partial charge in [-0.3, -0.25) is 4.79 Å². The topological polar surface area (TPSA) is 118 Å². The zero-order valence-electron chi connectivity index (χ0n) is 8.29. The highest BCUT2D eigenvalue weighted by Crippen LogP contribution is 2.00. The van der Waals surface area contributed by atoms with Crippen LogP contribution in [0.3, 0.4) is 0 Å². The molecular weight excluding hydrogens is 206 g/mol. The summed E-state index contributed by atoms with van der Waals surface area (Å²) in [6.07, 6.45) is 0. The van der Waals surface area contributed by atoms with E-state index in [-0.39, 0.29) is 5.71 Å². The second-order valence-corrected chi connectivity index (χ2v) is 2.76. The number of hydrogen-bond acceptors (Lipinski definition) is 4. The molecule has 0 aromatic heterocycles. The summed E-state index contributed by atoms with van der Waals surface area (Å²) in [5.41, 5.74) is 5.66. The van der Waals surface area contributed by atoms with Crippen molar-refractivity contribution in [1.82, 2.24) is 0 Å². The molecule has 80 valence electrons. The predicted octanol–water partition coefficient (Wildman–Crippen LogP) is -0.243. The van der Waals surface area contributed by atoms with Crippen LogP contribution in [-0.2, 0) is 4.79 Å². The van der Waals surface area contributed by atoms with E-state index in [1.807, 2.05) is 0 Å². The Hall–Kier alpha value is -2.68. The van der Waals surface area contributed by atoms with Crippen LogP contribution in [0, 0.1) is 11.3 Å². The largest absolute Gasteiger partial charge is 0.378 e. The third kappa shape index (κ3) is 2.65. The molecule has 0 saturated heterocycles. The summed E-state index contributed by atoms with van der Waals surface area (Å²) in [5, 5.41) is 11.8. The fourth-order valence-electron chi connectivity index (χ4n) is 0.964. The molecule has 1 aromatic carbocycles. The molecule has 6 nitrogen and oxygen atoms in total. The second kappa shape index (κ2) is 5.26. The zero-order valence-corrected chi connectivity index (χ0v) is 8.29. The summed E-state index contributed by atoms with van der Waals surface area (Å²) in [5.74, 6) is 3.55. The first-order valence-corrected chi connectivity index (χ1v) is 4.31. The first-order valence-electron chi connectivity index (χ1n) is 4.31. The molecule has 0 unspecified atom stereocenters. The van der Waals surface area contributed by atoms with Crippen molar-refractivity contribution in [3.05, 3.63) is 35.9 Å². The summed E-state index contributed by atoms with van der Waals surface area (Å²) in [6, 6.07) is 10.4. The second-order valence-electron chi connectivity index (χ2n) is 2.76. The van der Waals surface area contributed by atoms with Crippen LogP contribution in [-0.4, -0.2) is 17.5 Å². The summed E-state index contributed by atoms with van der Waals surface area (Å²) < 4.78 is 0. The van der Waals surface area contributed by atoms with E-state index in [2.05, 4.69) is 10.1 Å². The smallest absolute Gasteiger partial charge is 0.315 e. The van der Waals surface area contributed by atoms with Crippen LogP contribution in [0.5, 0.6) is 0 Å². The Bertz CT molecular complexity index is 484. The van der Waals surface area contributed by atoms with E-state index in [1.165, 1.54) is 0 Å². The number of hydrogen-bond donors (Lipinski definition) is 2. The number of nitriles is 1. The molecule has 6 heteroatoms. The van der Waals surface area contributed by atoms with Crippen LogP contribution < -0.4 is 11.6 Å². The van der Waals surface area contributed by atoms with Crippen molar-refractivity contribution in [3.63, 3.8) is 0 Å². The number of carbonyl (C=O) groups is 1. The van der Waals surface area contributed by atoms with Gasteiger partial charge < -0.3 is 11.6 Å². The van der Waals surface area contributed by atoms with E-state index < -0.39 is 11.7 Å². The van der Waals surface area contributed by atoms with Gasteiger partial charge in [0.15, 0.2) is 5.71 Å². The van der Waals surface area contributed by atoms with Crippen LogP contribution in [0.15, 0.2) is 40.4 Å². The van der Waals surface area contributed by atoms with Gasteiger partial charge in [-0.1, -0.05) is 30.3 Å². The van der Waals surface area contributed by atoms with E-state index in [4.69, 9.17) is 16.8 Å². The van der Waals surface area contributed by atoms with Crippen molar-refractivity contribution in [2.24, 2.45) is 21.7 Å². The lowest BCUT2D eigenvalue weighted by Gasteiger charge is -1.96. The van der Waals surface area contributed by atoms with Crippen molar-refractivity contribution in [2.75, 3.05) is 0 Å². The van der Waals surface area contributed by atoms with Gasteiger partial charge in [-0.05, 0) is 0 Å². The van der Waals surface area contributed by atoms with E-state index in [9.17, 15) is 4.79 Å². The van der Waals surface area contributed by atoms with E-state index in [0.29, 0.717) is 5.56 Å². The fourth-order valence-corrected chi connectivity index (χ4v) is 0.964. The summed E-state index contributed by atoms with van der Waals surface area (Å²) >= 11 is 0. The lowest BCUT2D eigenvalue weighted by molar-refractivity contribution is -0.111. The number of amidine groups is 1. The Morgan fingerprint density at radius 3 is 2.44 bits per heavy atom. The molecule has 1 rings (SSSR count). The van der Waals surface area contributed by atoms with E-state index in [0.717, 1.165) is 0 Å². The molecule has 0 bridgehead atoms. The molecule has 0 fully saturated rings. The van der Waals surface area contributed by atoms with Crippen LogP contribution in [0.1, 0.15) is 5.56 Å². The molecule has 0 aliphatic rings. The minimum Gasteiger partial charge on any atom is -0.378 e. The molecule has 0 aliphatic carbocycles. The van der Waals surface area contributed by atoms with Gasteiger partial charge in [0.05, 0.1) is 0 Å². The lowest BCUT2D eigenvalue weighted by Crippen LogP contribution is -2.24. The van der Waals surface area contributed by atoms with E-state index in [1.54, 1.807) is 36.4 Å². The van der Waals surface area contributed by atoms with Crippen molar-refractivity contribution >= 4 is 17.5 Å². The fraction of sp³-hybridized carbons (Fsp3) is 0. The third-order valence-electron chi connectivity index (χ3n) is 1.72. The molecule has 0 spiro atoms. The van der Waals surface area contributed by atoms with Crippen LogP contribution in [0.25, 0.3) is 0 Å². The van der Waals surface area contributed by atoms with Gasteiger partial charge in [0.1, 0.15) is 6.07 Å². The zero-order chi connectivity index (χ0) is 12.0. The number of amides is 1. The summed E-state index contributed by atoms with van der Waals surface area (Å²) in [7, 11) is 0. The summed E-state index contributed by atoms with van der Waals surface area (Å²) in [4.78, 5) is 14.8. The van der Waals surface area contributed by atoms with Crippen molar-refractivity contribution in [1.29, 1.82) is 5.26 Å².